The second-order valence-corrected chi connectivity index (χ2v) is 3.80. The lowest BCUT2D eigenvalue weighted by Gasteiger charge is -1.99. The third-order valence-corrected chi connectivity index (χ3v) is 2.73. The van der Waals surface area contributed by atoms with Crippen molar-refractivity contribution in [3.8, 4) is 0 Å². The minimum atomic E-state index is 0.740. The predicted molar refractivity (Wildman–Crippen MR) is 53.9 cm³/mol. The van der Waals surface area contributed by atoms with Crippen LogP contribution in [-0.4, -0.2) is 9.59 Å². The Kier molecular flexibility index (Phi) is 2.90. The highest BCUT2D eigenvalue weighted by Gasteiger charge is 2.02. The summed E-state index contributed by atoms with van der Waals surface area (Å²) in [7, 11) is 0. The monoisotopic (exact) mass is 209 g/mol. The van der Waals surface area contributed by atoms with Gasteiger partial charge in [-0.15, -0.1) is 5.10 Å². The van der Waals surface area contributed by atoms with Crippen LogP contribution < -0.4 is 5.32 Å². The van der Waals surface area contributed by atoms with Crippen LogP contribution in [0, 0.1) is 6.92 Å². The Bertz CT molecular complexity index is 382. The van der Waals surface area contributed by atoms with Crippen molar-refractivity contribution in [2.75, 3.05) is 0 Å². The molecule has 0 saturated heterocycles. The third-order valence-electron chi connectivity index (χ3n) is 1.91. The summed E-state index contributed by atoms with van der Waals surface area (Å²) in [5.41, 5.74) is 1.00. The zero-order valence-electron chi connectivity index (χ0n) is 7.86. The molecule has 2 rings (SSSR count). The van der Waals surface area contributed by atoms with Crippen LogP contribution in [0.15, 0.2) is 22.8 Å². The number of furan rings is 1. The molecule has 0 aromatic carbocycles. The second-order valence-electron chi connectivity index (χ2n) is 2.96. The smallest absolute Gasteiger partial charge is 0.117 e. The van der Waals surface area contributed by atoms with Crippen molar-refractivity contribution in [3.63, 3.8) is 0 Å². The molecule has 0 aliphatic carbocycles. The van der Waals surface area contributed by atoms with E-state index in [0.29, 0.717) is 0 Å². The van der Waals surface area contributed by atoms with E-state index in [4.69, 9.17) is 4.42 Å². The van der Waals surface area contributed by atoms with Crippen LogP contribution in [0.5, 0.6) is 0 Å². The van der Waals surface area contributed by atoms with Crippen molar-refractivity contribution in [2.45, 2.75) is 20.0 Å². The highest BCUT2D eigenvalue weighted by molar-refractivity contribution is 7.05. The molecule has 0 aliphatic rings. The summed E-state index contributed by atoms with van der Waals surface area (Å²) in [5, 5.41) is 7.21. The Morgan fingerprint density at radius 1 is 1.50 bits per heavy atom. The van der Waals surface area contributed by atoms with Gasteiger partial charge < -0.3 is 9.73 Å². The van der Waals surface area contributed by atoms with Crippen LogP contribution in [0.2, 0.25) is 0 Å². The van der Waals surface area contributed by atoms with Gasteiger partial charge in [0.2, 0.25) is 0 Å². The number of rotatable bonds is 4. The van der Waals surface area contributed by atoms with E-state index in [0.717, 1.165) is 24.5 Å². The summed E-state index contributed by atoms with van der Waals surface area (Å²) in [6.45, 7) is 3.50. The molecule has 0 radical (unpaired) electrons. The molecule has 0 saturated carbocycles. The number of aryl methyl sites for hydroxylation is 1. The lowest BCUT2D eigenvalue weighted by atomic mass is 10.4. The van der Waals surface area contributed by atoms with E-state index in [1.165, 1.54) is 16.4 Å². The zero-order chi connectivity index (χ0) is 9.80. The molecule has 0 amide bonds. The first kappa shape index (κ1) is 9.36. The maximum atomic E-state index is 5.19. The number of aromatic nitrogens is 2. The molecule has 2 aromatic heterocycles. The van der Waals surface area contributed by atoms with Gasteiger partial charge in [0.1, 0.15) is 5.76 Å². The Morgan fingerprint density at radius 2 is 2.43 bits per heavy atom. The molecule has 0 spiro atoms. The molecule has 0 unspecified atom stereocenters. The van der Waals surface area contributed by atoms with Crippen LogP contribution >= 0.6 is 11.5 Å². The number of nitrogens with zero attached hydrogens (tertiary/aromatic N) is 2. The van der Waals surface area contributed by atoms with E-state index in [9.17, 15) is 0 Å². The zero-order valence-corrected chi connectivity index (χ0v) is 8.67. The standard InChI is InChI=1S/C9H11N3OS/c1-7-9(14-12-11-7)6-10-5-8-3-2-4-13-8/h2-4,10H,5-6H2,1H3. The topological polar surface area (TPSA) is 51.0 Å². The van der Waals surface area contributed by atoms with Crippen molar-refractivity contribution in [1.82, 2.24) is 14.9 Å². The average Bonchev–Trinajstić information content (AvgIpc) is 2.78. The Morgan fingerprint density at radius 3 is 3.07 bits per heavy atom. The first-order chi connectivity index (χ1) is 6.86. The van der Waals surface area contributed by atoms with Gasteiger partial charge in [0, 0.05) is 6.54 Å². The minimum absolute atomic E-state index is 0.740. The van der Waals surface area contributed by atoms with E-state index < -0.39 is 0 Å². The van der Waals surface area contributed by atoms with Gasteiger partial charge in [-0.3, -0.25) is 0 Å². The predicted octanol–water partition coefficient (Wildman–Crippen LogP) is 1.73. The number of hydrogen-bond donors (Lipinski definition) is 1. The maximum Gasteiger partial charge on any atom is 0.117 e. The van der Waals surface area contributed by atoms with Crippen LogP contribution in [0.4, 0.5) is 0 Å². The van der Waals surface area contributed by atoms with E-state index in [2.05, 4.69) is 14.9 Å². The van der Waals surface area contributed by atoms with Crippen LogP contribution in [-0.2, 0) is 13.1 Å². The maximum absolute atomic E-state index is 5.19. The SMILES string of the molecule is Cc1nnsc1CNCc1ccco1. The summed E-state index contributed by atoms with van der Waals surface area (Å²) >= 11 is 1.43. The largest absolute Gasteiger partial charge is 0.468 e. The molecule has 0 fully saturated rings. The van der Waals surface area contributed by atoms with Crippen LogP contribution in [0.25, 0.3) is 0 Å². The number of nitrogens with one attached hydrogen (secondary N) is 1. The summed E-state index contributed by atoms with van der Waals surface area (Å²) in [5.74, 6) is 0.945. The van der Waals surface area contributed by atoms with Crippen molar-refractivity contribution in [2.24, 2.45) is 0 Å². The minimum Gasteiger partial charge on any atom is -0.468 e. The molecule has 2 heterocycles. The van der Waals surface area contributed by atoms with Crippen molar-refractivity contribution in [3.05, 3.63) is 34.7 Å². The fourth-order valence-electron chi connectivity index (χ4n) is 1.13. The normalized spacial score (nSPS) is 10.6. The molecule has 74 valence electrons. The Balaban J connectivity index is 1.81. The van der Waals surface area contributed by atoms with Crippen LogP contribution in [0.3, 0.4) is 0 Å². The number of hydrogen-bond acceptors (Lipinski definition) is 5. The van der Waals surface area contributed by atoms with Crippen molar-refractivity contribution >= 4 is 11.5 Å². The molecule has 2 aromatic rings. The molecule has 4 nitrogen and oxygen atoms in total. The summed E-state index contributed by atoms with van der Waals surface area (Å²) in [6.07, 6.45) is 1.68. The summed E-state index contributed by atoms with van der Waals surface area (Å²) < 4.78 is 9.06. The van der Waals surface area contributed by atoms with Gasteiger partial charge in [0.05, 0.1) is 23.4 Å². The highest BCUT2D eigenvalue weighted by Crippen LogP contribution is 2.08. The Labute approximate surface area is 86.1 Å². The van der Waals surface area contributed by atoms with Gasteiger partial charge in [-0.25, -0.2) is 0 Å². The Hall–Kier alpha value is -1.20. The molecule has 0 atom stereocenters. The fraction of sp³-hybridized carbons (Fsp3) is 0.333. The van der Waals surface area contributed by atoms with E-state index in [1.54, 1.807) is 6.26 Å². The van der Waals surface area contributed by atoms with Gasteiger partial charge in [0.15, 0.2) is 0 Å². The van der Waals surface area contributed by atoms with Gasteiger partial charge in [-0.05, 0) is 30.6 Å². The van der Waals surface area contributed by atoms with Gasteiger partial charge >= 0.3 is 0 Å². The van der Waals surface area contributed by atoms with Crippen LogP contribution in [0.1, 0.15) is 16.3 Å². The summed E-state index contributed by atoms with van der Waals surface area (Å²) in [4.78, 5) is 1.18. The first-order valence-corrected chi connectivity index (χ1v) is 5.14. The fourth-order valence-corrected chi connectivity index (χ4v) is 1.73. The van der Waals surface area contributed by atoms with E-state index in [1.807, 2.05) is 19.1 Å². The highest BCUT2D eigenvalue weighted by atomic mass is 32.1. The van der Waals surface area contributed by atoms with Crippen molar-refractivity contribution in [1.29, 1.82) is 0 Å². The van der Waals surface area contributed by atoms with Gasteiger partial charge in [-0.1, -0.05) is 4.49 Å². The van der Waals surface area contributed by atoms with E-state index >= 15 is 0 Å². The summed E-state index contributed by atoms with van der Waals surface area (Å²) in [6, 6.07) is 3.83. The van der Waals surface area contributed by atoms with Gasteiger partial charge in [0.25, 0.3) is 0 Å². The molecule has 0 aliphatic heterocycles. The molecule has 1 N–H and O–H groups in total. The lowest BCUT2D eigenvalue weighted by molar-refractivity contribution is 0.483. The second kappa shape index (κ2) is 4.34. The molecule has 14 heavy (non-hydrogen) atoms. The first-order valence-electron chi connectivity index (χ1n) is 4.37. The quantitative estimate of drug-likeness (QED) is 0.833. The van der Waals surface area contributed by atoms with E-state index in [-0.39, 0.29) is 0 Å². The third kappa shape index (κ3) is 2.18. The lowest BCUT2D eigenvalue weighted by Crippen LogP contribution is -2.11. The molecule has 5 heteroatoms. The molecule has 0 bridgehead atoms. The van der Waals surface area contributed by atoms with Gasteiger partial charge in [-0.2, -0.15) is 0 Å². The molecular weight excluding hydrogens is 198 g/mol. The van der Waals surface area contributed by atoms with Crippen molar-refractivity contribution < 1.29 is 4.42 Å². The molecular formula is C9H11N3OS. The average molecular weight is 209 g/mol.